The molecule has 1 amide bonds. The lowest BCUT2D eigenvalue weighted by Crippen LogP contribution is -2.24. The Morgan fingerprint density at radius 1 is 1.11 bits per heavy atom. The van der Waals surface area contributed by atoms with Gasteiger partial charge in [-0.2, -0.15) is 0 Å². The molecular formula is C15H13NO2. The second-order valence-corrected chi connectivity index (χ2v) is 4.40. The molecule has 0 aromatic heterocycles. The fourth-order valence-corrected chi connectivity index (χ4v) is 2.26. The maximum absolute atomic E-state index is 12.3. The van der Waals surface area contributed by atoms with Gasteiger partial charge in [-0.05, 0) is 23.8 Å². The minimum Gasteiger partial charge on any atom is -0.512 e. The maximum atomic E-state index is 12.3. The van der Waals surface area contributed by atoms with E-state index in [4.69, 9.17) is 0 Å². The SMILES string of the molecule is O=C1C2=CCC(O)=CC=C2CN1c1ccccc1. The van der Waals surface area contributed by atoms with Crippen LogP contribution in [0.25, 0.3) is 0 Å². The molecule has 0 radical (unpaired) electrons. The number of aliphatic hydroxyl groups excluding tert-OH is 1. The number of nitrogens with zero attached hydrogens (tertiary/aromatic N) is 1. The second kappa shape index (κ2) is 4.18. The van der Waals surface area contributed by atoms with E-state index in [0.717, 1.165) is 11.3 Å². The zero-order chi connectivity index (χ0) is 12.5. The fourth-order valence-electron chi connectivity index (χ4n) is 2.26. The molecule has 1 N–H and O–H groups in total. The molecule has 2 aliphatic rings. The van der Waals surface area contributed by atoms with Crippen LogP contribution < -0.4 is 4.90 Å². The quantitative estimate of drug-likeness (QED) is 0.818. The zero-order valence-electron chi connectivity index (χ0n) is 9.84. The highest BCUT2D eigenvalue weighted by Gasteiger charge is 2.31. The van der Waals surface area contributed by atoms with Crippen molar-refractivity contribution < 1.29 is 9.90 Å². The summed E-state index contributed by atoms with van der Waals surface area (Å²) in [6.07, 6.45) is 5.72. The van der Waals surface area contributed by atoms with Gasteiger partial charge in [0, 0.05) is 17.7 Å². The van der Waals surface area contributed by atoms with E-state index in [1.165, 1.54) is 0 Å². The Morgan fingerprint density at radius 3 is 2.67 bits per heavy atom. The number of hydrogen-bond donors (Lipinski definition) is 1. The van der Waals surface area contributed by atoms with Gasteiger partial charge in [-0.1, -0.05) is 30.4 Å². The van der Waals surface area contributed by atoms with E-state index in [9.17, 15) is 9.90 Å². The minimum absolute atomic E-state index is 0.00977. The first-order valence-corrected chi connectivity index (χ1v) is 5.92. The first-order chi connectivity index (χ1) is 8.75. The third kappa shape index (κ3) is 1.74. The zero-order valence-corrected chi connectivity index (χ0v) is 9.84. The van der Waals surface area contributed by atoms with Crippen molar-refractivity contribution in [3.8, 4) is 0 Å². The summed E-state index contributed by atoms with van der Waals surface area (Å²) < 4.78 is 0. The van der Waals surface area contributed by atoms with E-state index < -0.39 is 0 Å². The topological polar surface area (TPSA) is 40.5 Å². The molecular weight excluding hydrogens is 226 g/mol. The predicted octanol–water partition coefficient (Wildman–Crippen LogP) is 2.73. The second-order valence-electron chi connectivity index (χ2n) is 4.40. The normalized spacial score (nSPS) is 18.8. The number of carbonyl (C=O) groups is 1. The van der Waals surface area contributed by atoms with Crippen molar-refractivity contribution in [3.05, 3.63) is 65.5 Å². The highest BCUT2D eigenvalue weighted by atomic mass is 16.3. The molecule has 0 spiro atoms. The van der Waals surface area contributed by atoms with Crippen molar-refractivity contribution in [3.63, 3.8) is 0 Å². The summed E-state index contributed by atoms with van der Waals surface area (Å²) in [6.45, 7) is 0.568. The van der Waals surface area contributed by atoms with Crippen molar-refractivity contribution in [1.29, 1.82) is 0 Å². The molecule has 1 aromatic carbocycles. The Kier molecular flexibility index (Phi) is 2.52. The number of benzene rings is 1. The van der Waals surface area contributed by atoms with E-state index in [2.05, 4.69) is 0 Å². The van der Waals surface area contributed by atoms with Crippen LogP contribution in [0.15, 0.2) is 65.5 Å². The molecule has 18 heavy (non-hydrogen) atoms. The molecule has 3 nitrogen and oxygen atoms in total. The van der Waals surface area contributed by atoms with Crippen LogP contribution in [0.4, 0.5) is 5.69 Å². The minimum atomic E-state index is 0.00977. The number of hydrogen-bond acceptors (Lipinski definition) is 2. The molecule has 1 aliphatic heterocycles. The molecule has 0 bridgehead atoms. The average molecular weight is 239 g/mol. The molecule has 0 unspecified atom stereocenters. The Bertz CT molecular complexity index is 582. The largest absolute Gasteiger partial charge is 0.512 e. The highest BCUT2D eigenvalue weighted by Crippen LogP contribution is 2.30. The van der Waals surface area contributed by atoms with Crippen LogP contribution >= 0.6 is 0 Å². The number of aliphatic hydroxyl groups is 1. The fraction of sp³-hybridized carbons (Fsp3) is 0.133. The van der Waals surface area contributed by atoms with Crippen LogP contribution in [0.2, 0.25) is 0 Å². The van der Waals surface area contributed by atoms with Crippen molar-refractivity contribution in [1.82, 2.24) is 0 Å². The highest BCUT2D eigenvalue weighted by molar-refractivity contribution is 6.12. The van der Waals surface area contributed by atoms with E-state index in [0.29, 0.717) is 24.3 Å². The van der Waals surface area contributed by atoms with Gasteiger partial charge in [0.1, 0.15) is 0 Å². The predicted molar refractivity (Wildman–Crippen MR) is 70.3 cm³/mol. The Labute approximate surface area is 105 Å². The number of rotatable bonds is 1. The van der Waals surface area contributed by atoms with E-state index in [1.807, 2.05) is 36.4 Å². The van der Waals surface area contributed by atoms with Gasteiger partial charge in [0.15, 0.2) is 0 Å². The molecule has 90 valence electrons. The summed E-state index contributed by atoms with van der Waals surface area (Å²) >= 11 is 0. The molecule has 1 heterocycles. The van der Waals surface area contributed by atoms with Gasteiger partial charge in [0.25, 0.3) is 5.91 Å². The van der Waals surface area contributed by atoms with Gasteiger partial charge >= 0.3 is 0 Å². The first kappa shape index (κ1) is 10.8. The van der Waals surface area contributed by atoms with Crippen LogP contribution in [0, 0.1) is 0 Å². The van der Waals surface area contributed by atoms with E-state index in [1.54, 1.807) is 17.1 Å². The number of carbonyl (C=O) groups excluding carboxylic acids is 1. The maximum Gasteiger partial charge on any atom is 0.258 e. The molecule has 1 fully saturated rings. The van der Waals surface area contributed by atoms with Crippen molar-refractivity contribution in [2.75, 3.05) is 11.4 Å². The number of para-hydroxylation sites is 1. The summed E-state index contributed by atoms with van der Waals surface area (Å²) in [7, 11) is 0. The number of allylic oxidation sites excluding steroid dienone is 3. The Balaban J connectivity index is 1.98. The van der Waals surface area contributed by atoms with Crippen LogP contribution in [0.5, 0.6) is 0 Å². The first-order valence-electron chi connectivity index (χ1n) is 5.92. The lowest BCUT2D eigenvalue weighted by Gasteiger charge is -2.14. The van der Waals surface area contributed by atoms with Crippen molar-refractivity contribution in [2.45, 2.75) is 6.42 Å². The molecule has 3 heteroatoms. The standard InChI is InChI=1S/C15H13NO2/c17-13-7-6-11-10-16(12-4-2-1-3-5-12)15(18)14(11)9-8-13/h1-7,9,17H,8,10H2. The van der Waals surface area contributed by atoms with Crippen molar-refractivity contribution in [2.24, 2.45) is 0 Å². The van der Waals surface area contributed by atoms with Gasteiger partial charge in [0.05, 0.1) is 12.3 Å². The number of fused-ring (bicyclic) bond motifs is 1. The van der Waals surface area contributed by atoms with Gasteiger partial charge in [-0.25, -0.2) is 0 Å². The van der Waals surface area contributed by atoms with E-state index >= 15 is 0 Å². The smallest absolute Gasteiger partial charge is 0.258 e. The molecule has 3 rings (SSSR count). The summed E-state index contributed by atoms with van der Waals surface area (Å²) in [5.41, 5.74) is 2.58. The summed E-state index contributed by atoms with van der Waals surface area (Å²) in [5, 5.41) is 9.46. The summed E-state index contributed by atoms with van der Waals surface area (Å²) in [4.78, 5) is 14.1. The monoisotopic (exact) mass is 239 g/mol. The van der Waals surface area contributed by atoms with Gasteiger partial charge in [-0.15, -0.1) is 0 Å². The summed E-state index contributed by atoms with van der Waals surface area (Å²) in [6, 6.07) is 9.63. The van der Waals surface area contributed by atoms with Crippen LogP contribution in [0.3, 0.4) is 0 Å². The Hall–Kier alpha value is -2.29. The molecule has 1 aliphatic carbocycles. The number of amides is 1. The van der Waals surface area contributed by atoms with Gasteiger partial charge in [-0.3, -0.25) is 4.79 Å². The van der Waals surface area contributed by atoms with Gasteiger partial charge < -0.3 is 10.0 Å². The number of anilines is 1. The third-order valence-electron chi connectivity index (χ3n) is 3.21. The van der Waals surface area contributed by atoms with Gasteiger partial charge in [0.2, 0.25) is 0 Å². The molecule has 0 saturated carbocycles. The Morgan fingerprint density at radius 2 is 1.89 bits per heavy atom. The molecule has 1 aromatic rings. The van der Waals surface area contributed by atoms with Crippen LogP contribution in [-0.4, -0.2) is 17.6 Å². The molecule has 1 saturated heterocycles. The third-order valence-corrected chi connectivity index (χ3v) is 3.21. The lowest BCUT2D eigenvalue weighted by atomic mass is 10.1. The van der Waals surface area contributed by atoms with Crippen LogP contribution in [0.1, 0.15) is 6.42 Å². The van der Waals surface area contributed by atoms with Crippen LogP contribution in [-0.2, 0) is 4.79 Å². The average Bonchev–Trinajstić information content (AvgIpc) is 2.59. The summed E-state index contributed by atoms with van der Waals surface area (Å²) in [5.74, 6) is 0.305. The van der Waals surface area contributed by atoms with E-state index in [-0.39, 0.29) is 5.91 Å². The lowest BCUT2D eigenvalue weighted by molar-refractivity contribution is -0.114. The van der Waals surface area contributed by atoms with Crippen molar-refractivity contribution >= 4 is 11.6 Å². The molecule has 0 atom stereocenters.